The standard InChI is InChI=1S/C21H28O5/c1-14(9-10-22)7-8-17-16(3)21(6,20(4,5)12-18(17)23)26-13-15(2)11-19(24)25/h9,11,22H,10,12-13H2,1-6H3,(H,24,25)/b14-9-,15-11-/t21-/m1/s1. The lowest BCUT2D eigenvalue weighted by molar-refractivity contribution is -0.131. The van der Waals surface area contributed by atoms with Crippen LogP contribution in [-0.4, -0.2) is 40.8 Å². The Morgan fingerprint density at radius 1 is 1.31 bits per heavy atom. The van der Waals surface area contributed by atoms with Crippen LogP contribution in [-0.2, 0) is 14.3 Å². The maximum absolute atomic E-state index is 12.6. The number of allylic oxidation sites excluding steroid dienone is 2. The van der Waals surface area contributed by atoms with Crippen molar-refractivity contribution >= 4 is 11.8 Å². The van der Waals surface area contributed by atoms with Gasteiger partial charge in [-0.05, 0) is 50.5 Å². The zero-order valence-electron chi connectivity index (χ0n) is 16.4. The number of carboxylic acid groups (broad SMARTS) is 1. The molecule has 0 heterocycles. The number of aliphatic hydroxyl groups is 1. The molecule has 0 spiro atoms. The van der Waals surface area contributed by atoms with Gasteiger partial charge in [-0.1, -0.05) is 25.7 Å². The van der Waals surface area contributed by atoms with Crippen LogP contribution >= 0.6 is 0 Å². The SMILES string of the molecule is CC1=C(C#C/C(C)=C\CO)C(=O)CC(C)(C)[C@]1(C)OC/C(C)=C\C(=O)O. The molecule has 0 aromatic rings. The van der Waals surface area contributed by atoms with Gasteiger partial charge in [-0.2, -0.15) is 0 Å². The summed E-state index contributed by atoms with van der Waals surface area (Å²) in [6.07, 6.45) is 2.98. The molecule has 1 rings (SSSR count). The number of carboxylic acids is 1. The first-order valence-corrected chi connectivity index (χ1v) is 8.53. The third-order valence-electron chi connectivity index (χ3n) is 5.00. The second-order valence-corrected chi connectivity index (χ2v) is 7.45. The average molecular weight is 360 g/mol. The molecule has 0 fully saturated rings. The number of aliphatic hydroxyl groups excluding tert-OH is 1. The summed E-state index contributed by atoms with van der Waals surface area (Å²) < 4.78 is 6.13. The molecule has 5 heteroatoms. The molecule has 0 aromatic carbocycles. The van der Waals surface area contributed by atoms with Gasteiger partial charge in [0.2, 0.25) is 0 Å². The summed E-state index contributed by atoms with van der Waals surface area (Å²) in [5.74, 6) is 4.78. The summed E-state index contributed by atoms with van der Waals surface area (Å²) in [5, 5.41) is 17.8. The summed E-state index contributed by atoms with van der Waals surface area (Å²) in [7, 11) is 0. The highest BCUT2D eigenvalue weighted by molar-refractivity contribution is 6.02. The molecule has 2 N–H and O–H groups in total. The minimum atomic E-state index is -1.01. The van der Waals surface area contributed by atoms with Gasteiger partial charge in [-0.15, -0.1) is 0 Å². The zero-order valence-corrected chi connectivity index (χ0v) is 16.4. The zero-order chi connectivity index (χ0) is 20.1. The lowest BCUT2D eigenvalue weighted by Crippen LogP contribution is -2.50. The summed E-state index contributed by atoms with van der Waals surface area (Å²) in [6.45, 7) is 11.2. The van der Waals surface area contributed by atoms with Crippen LogP contribution in [0.5, 0.6) is 0 Å². The van der Waals surface area contributed by atoms with Crippen LogP contribution in [0.25, 0.3) is 0 Å². The summed E-state index contributed by atoms with van der Waals surface area (Å²) >= 11 is 0. The number of Topliss-reactive ketones (excluding diaryl/α,β-unsaturated/α-hetero) is 1. The van der Waals surface area contributed by atoms with Crippen molar-refractivity contribution in [2.75, 3.05) is 13.2 Å². The van der Waals surface area contributed by atoms with E-state index in [2.05, 4.69) is 11.8 Å². The Balaban J connectivity index is 3.31. The molecule has 0 aliphatic heterocycles. The molecule has 142 valence electrons. The lowest BCUT2D eigenvalue weighted by Gasteiger charge is -2.48. The van der Waals surface area contributed by atoms with Gasteiger partial charge in [0.15, 0.2) is 5.78 Å². The molecule has 1 aliphatic carbocycles. The van der Waals surface area contributed by atoms with Crippen molar-refractivity contribution < 1.29 is 24.5 Å². The fourth-order valence-electron chi connectivity index (χ4n) is 2.94. The molecular weight excluding hydrogens is 332 g/mol. The van der Waals surface area contributed by atoms with E-state index in [0.29, 0.717) is 16.7 Å². The quantitative estimate of drug-likeness (QED) is 0.581. The number of carbonyl (C=O) groups excluding carboxylic acids is 1. The molecule has 0 bridgehead atoms. The third kappa shape index (κ3) is 4.94. The number of carbonyl (C=O) groups is 2. The van der Waals surface area contributed by atoms with Crippen LogP contribution < -0.4 is 0 Å². The second-order valence-electron chi connectivity index (χ2n) is 7.45. The topological polar surface area (TPSA) is 83.8 Å². The molecule has 0 aromatic heterocycles. The van der Waals surface area contributed by atoms with Crippen LogP contribution in [0.3, 0.4) is 0 Å². The maximum atomic E-state index is 12.6. The van der Waals surface area contributed by atoms with Crippen molar-refractivity contribution in [3.05, 3.63) is 34.4 Å². The van der Waals surface area contributed by atoms with E-state index < -0.39 is 17.0 Å². The molecule has 26 heavy (non-hydrogen) atoms. The van der Waals surface area contributed by atoms with Gasteiger partial charge < -0.3 is 14.9 Å². The number of hydrogen-bond donors (Lipinski definition) is 2. The van der Waals surface area contributed by atoms with E-state index in [-0.39, 0.29) is 25.4 Å². The van der Waals surface area contributed by atoms with Crippen LogP contribution in [0.1, 0.15) is 48.0 Å². The Labute approximate surface area is 155 Å². The number of hydrogen-bond acceptors (Lipinski definition) is 4. The lowest BCUT2D eigenvalue weighted by atomic mass is 9.63. The average Bonchev–Trinajstić information content (AvgIpc) is 2.50. The Hall–Kier alpha value is -2.16. The van der Waals surface area contributed by atoms with Crippen molar-refractivity contribution in [3.8, 4) is 11.8 Å². The van der Waals surface area contributed by atoms with E-state index in [1.54, 1.807) is 19.9 Å². The molecule has 0 unspecified atom stereocenters. The first-order chi connectivity index (χ1) is 11.9. The Bertz CT molecular complexity index is 740. The first kappa shape index (κ1) is 21.9. The van der Waals surface area contributed by atoms with Crippen molar-refractivity contribution in [3.63, 3.8) is 0 Å². The van der Waals surface area contributed by atoms with E-state index in [4.69, 9.17) is 14.9 Å². The summed E-state index contributed by atoms with van der Waals surface area (Å²) in [5.41, 5.74) is 1.23. The summed E-state index contributed by atoms with van der Waals surface area (Å²) in [6, 6.07) is 0. The van der Waals surface area contributed by atoms with Crippen LogP contribution in [0.2, 0.25) is 0 Å². The van der Waals surface area contributed by atoms with E-state index in [1.165, 1.54) is 0 Å². The van der Waals surface area contributed by atoms with Crippen molar-refractivity contribution in [1.82, 2.24) is 0 Å². The van der Waals surface area contributed by atoms with Crippen molar-refractivity contribution in [2.24, 2.45) is 5.41 Å². The summed E-state index contributed by atoms with van der Waals surface area (Å²) in [4.78, 5) is 23.4. The van der Waals surface area contributed by atoms with Crippen molar-refractivity contribution in [1.29, 1.82) is 0 Å². The highest BCUT2D eigenvalue weighted by Crippen LogP contribution is 2.47. The second kappa shape index (κ2) is 8.48. The van der Waals surface area contributed by atoms with Gasteiger partial charge in [0.1, 0.15) is 0 Å². The number of aliphatic carboxylic acids is 1. The van der Waals surface area contributed by atoms with Gasteiger partial charge in [0, 0.05) is 17.9 Å². The Morgan fingerprint density at radius 3 is 2.46 bits per heavy atom. The highest BCUT2D eigenvalue weighted by Gasteiger charge is 2.49. The van der Waals surface area contributed by atoms with Gasteiger partial charge in [0.05, 0.1) is 24.4 Å². The monoisotopic (exact) mass is 360 g/mol. The Kier molecular flexibility index (Phi) is 7.14. The number of rotatable bonds is 5. The van der Waals surface area contributed by atoms with E-state index in [9.17, 15) is 9.59 Å². The molecule has 0 saturated heterocycles. The van der Waals surface area contributed by atoms with E-state index in [1.807, 2.05) is 27.7 Å². The van der Waals surface area contributed by atoms with Gasteiger partial charge >= 0.3 is 5.97 Å². The van der Waals surface area contributed by atoms with Gasteiger partial charge in [0.25, 0.3) is 0 Å². The minimum Gasteiger partial charge on any atom is -0.478 e. The van der Waals surface area contributed by atoms with Crippen LogP contribution in [0, 0.1) is 17.3 Å². The Morgan fingerprint density at radius 2 is 1.92 bits per heavy atom. The molecular formula is C21H28O5. The predicted molar refractivity (Wildman–Crippen MR) is 100 cm³/mol. The smallest absolute Gasteiger partial charge is 0.328 e. The highest BCUT2D eigenvalue weighted by atomic mass is 16.5. The maximum Gasteiger partial charge on any atom is 0.328 e. The van der Waals surface area contributed by atoms with E-state index in [0.717, 1.165) is 11.6 Å². The molecule has 5 nitrogen and oxygen atoms in total. The number of ether oxygens (including phenoxy) is 1. The van der Waals surface area contributed by atoms with Crippen LogP contribution in [0.15, 0.2) is 34.4 Å². The molecule has 0 radical (unpaired) electrons. The number of ketones is 1. The molecule has 0 amide bonds. The van der Waals surface area contributed by atoms with Crippen LogP contribution in [0.4, 0.5) is 0 Å². The minimum absolute atomic E-state index is 0.0318. The fourth-order valence-corrected chi connectivity index (χ4v) is 2.94. The fraction of sp³-hybridized carbons (Fsp3) is 0.524. The van der Waals surface area contributed by atoms with Gasteiger partial charge in [-0.25, -0.2) is 4.79 Å². The molecule has 1 atom stereocenters. The normalized spacial score (nSPS) is 23.6. The predicted octanol–water partition coefficient (Wildman–Crippen LogP) is 3.05. The molecule has 0 saturated carbocycles. The largest absolute Gasteiger partial charge is 0.478 e. The van der Waals surface area contributed by atoms with E-state index >= 15 is 0 Å². The van der Waals surface area contributed by atoms with Crippen molar-refractivity contribution in [2.45, 2.75) is 53.6 Å². The van der Waals surface area contributed by atoms with Gasteiger partial charge in [-0.3, -0.25) is 4.79 Å². The molecule has 1 aliphatic rings. The third-order valence-corrected chi connectivity index (χ3v) is 5.00. The first-order valence-electron chi connectivity index (χ1n) is 8.53.